The first-order valence-electron chi connectivity index (χ1n) is 4.43. The predicted molar refractivity (Wildman–Crippen MR) is 58.0 cm³/mol. The highest BCUT2D eigenvalue weighted by Gasteiger charge is 1.95. The minimum Gasteiger partial charge on any atom is -0.372 e. The quantitative estimate of drug-likeness (QED) is 0.734. The van der Waals surface area contributed by atoms with Crippen LogP contribution in [-0.4, -0.2) is 22.8 Å². The van der Waals surface area contributed by atoms with E-state index in [4.69, 9.17) is 0 Å². The van der Waals surface area contributed by atoms with E-state index in [-0.39, 0.29) is 0 Å². The molecule has 1 N–H and O–H groups in total. The molecule has 0 aliphatic rings. The molecule has 0 saturated carbocycles. The molecule has 0 aliphatic carbocycles. The van der Waals surface area contributed by atoms with Gasteiger partial charge in [0, 0.05) is 12.8 Å². The highest BCUT2D eigenvalue weighted by molar-refractivity contribution is 7.98. The topological polar surface area (TPSA) is 37.8 Å². The van der Waals surface area contributed by atoms with Gasteiger partial charge in [-0.05, 0) is 12.2 Å². The second-order valence-corrected chi connectivity index (χ2v) is 3.80. The third-order valence-corrected chi connectivity index (χ3v) is 2.76. The fourth-order valence-electron chi connectivity index (χ4n) is 0.879. The molecule has 0 amide bonds. The number of nitrogens with zero attached hydrogens (tertiary/aromatic N) is 2. The summed E-state index contributed by atoms with van der Waals surface area (Å²) in [4.78, 5) is 8.46. The first-order chi connectivity index (χ1) is 6.36. The minimum absolute atomic E-state index is 0.823. The summed E-state index contributed by atoms with van der Waals surface area (Å²) < 4.78 is 0. The van der Waals surface area contributed by atoms with Gasteiger partial charge in [0.2, 0.25) is 0 Å². The molecule has 0 radical (unpaired) electrons. The highest BCUT2D eigenvalue weighted by atomic mass is 32.2. The lowest BCUT2D eigenvalue weighted by molar-refractivity contribution is 1.08. The fraction of sp³-hybridized carbons (Fsp3) is 0.556. The SMILES string of the molecule is CCCSCc1cnc(NC)cn1. The molecule has 1 rings (SSSR count). The molecule has 1 aromatic rings. The van der Waals surface area contributed by atoms with Crippen molar-refractivity contribution >= 4 is 17.6 Å². The molecular weight excluding hydrogens is 182 g/mol. The average molecular weight is 197 g/mol. The third-order valence-electron chi connectivity index (χ3n) is 1.56. The van der Waals surface area contributed by atoms with Crippen LogP contribution >= 0.6 is 11.8 Å². The van der Waals surface area contributed by atoms with Crippen molar-refractivity contribution < 1.29 is 0 Å². The van der Waals surface area contributed by atoms with E-state index in [0.717, 1.165) is 17.3 Å². The number of nitrogens with one attached hydrogen (secondary N) is 1. The number of anilines is 1. The number of hydrogen-bond donors (Lipinski definition) is 1. The van der Waals surface area contributed by atoms with Gasteiger partial charge in [-0.15, -0.1) is 0 Å². The molecule has 0 bridgehead atoms. The Morgan fingerprint density at radius 2 is 2.23 bits per heavy atom. The van der Waals surface area contributed by atoms with Crippen LogP contribution in [0.5, 0.6) is 0 Å². The molecule has 0 fully saturated rings. The van der Waals surface area contributed by atoms with Crippen LogP contribution in [0.15, 0.2) is 12.4 Å². The van der Waals surface area contributed by atoms with Crippen molar-refractivity contribution in [1.82, 2.24) is 9.97 Å². The average Bonchev–Trinajstić information content (AvgIpc) is 2.19. The van der Waals surface area contributed by atoms with Crippen molar-refractivity contribution in [1.29, 1.82) is 0 Å². The van der Waals surface area contributed by atoms with Gasteiger partial charge < -0.3 is 5.32 Å². The first kappa shape index (κ1) is 10.3. The normalized spacial score (nSPS) is 10.0. The second-order valence-electron chi connectivity index (χ2n) is 2.70. The minimum atomic E-state index is 0.823. The smallest absolute Gasteiger partial charge is 0.144 e. The van der Waals surface area contributed by atoms with Crippen molar-refractivity contribution in [3.8, 4) is 0 Å². The molecule has 0 aromatic carbocycles. The van der Waals surface area contributed by atoms with Crippen molar-refractivity contribution in [3.05, 3.63) is 18.1 Å². The summed E-state index contributed by atoms with van der Waals surface area (Å²) in [5.74, 6) is 2.98. The van der Waals surface area contributed by atoms with Crippen molar-refractivity contribution in [2.24, 2.45) is 0 Å². The molecule has 72 valence electrons. The van der Waals surface area contributed by atoms with E-state index in [2.05, 4.69) is 22.2 Å². The second kappa shape index (κ2) is 5.80. The number of aromatic nitrogens is 2. The molecule has 4 heteroatoms. The fourth-order valence-corrected chi connectivity index (χ4v) is 1.67. The number of thioether (sulfide) groups is 1. The largest absolute Gasteiger partial charge is 0.372 e. The van der Waals surface area contributed by atoms with E-state index < -0.39 is 0 Å². The zero-order valence-corrected chi connectivity index (χ0v) is 8.90. The maximum absolute atomic E-state index is 4.28. The summed E-state index contributed by atoms with van der Waals surface area (Å²) in [5.41, 5.74) is 1.05. The zero-order chi connectivity index (χ0) is 9.52. The Morgan fingerprint density at radius 3 is 2.77 bits per heavy atom. The molecule has 0 aliphatic heterocycles. The Hall–Kier alpha value is -0.770. The molecule has 3 nitrogen and oxygen atoms in total. The Labute approximate surface area is 83.4 Å². The van der Waals surface area contributed by atoms with Gasteiger partial charge in [0.05, 0.1) is 18.1 Å². The molecule has 1 heterocycles. The standard InChI is InChI=1S/C9H15N3S/c1-3-4-13-7-8-5-12-9(10-2)6-11-8/h5-6H,3-4,7H2,1-2H3,(H,10,12). The van der Waals surface area contributed by atoms with Crippen LogP contribution in [-0.2, 0) is 5.75 Å². The summed E-state index contributed by atoms with van der Waals surface area (Å²) in [6, 6.07) is 0. The van der Waals surface area contributed by atoms with Gasteiger partial charge in [0.1, 0.15) is 5.82 Å². The number of rotatable bonds is 5. The lowest BCUT2D eigenvalue weighted by Crippen LogP contribution is -1.95. The molecule has 0 unspecified atom stereocenters. The van der Waals surface area contributed by atoms with Crippen LogP contribution < -0.4 is 5.32 Å². The van der Waals surface area contributed by atoms with Crippen LogP contribution in [0.1, 0.15) is 19.0 Å². The summed E-state index contributed by atoms with van der Waals surface area (Å²) in [7, 11) is 1.84. The van der Waals surface area contributed by atoms with Crippen LogP contribution in [0.25, 0.3) is 0 Å². The Kier molecular flexibility index (Phi) is 4.60. The van der Waals surface area contributed by atoms with E-state index in [1.807, 2.05) is 25.0 Å². The van der Waals surface area contributed by atoms with Crippen LogP contribution in [0.4, 0.5) is 5.82 Å². The molecule has 0 atom stereocenters. The van der Waals surface area contributed by atoms with Gasteiger partial charge in [0.25, 0.3) is 0 Å². The van der Waals surface area contributed by atoms with Gasteiger partial charge in [-0.1, -0.05) is 6.92 Å². The van der Waals surface area contributed by atoms with Gasteiger partial charge in [-0.3, -0.25) is 4.98 Å². The van der Waals surface area contributed by atoms with Crippen molar-refractivity contribution in [2.75, 3.05) is 18.1 Å². The van der Waals surface area contributed by atoms with E-state index in [1.54, 1.807) is 6.20 Å². The summed E-state index contributed by atoms with van der Waals surface area (Å²) >= 11 is 1.90. The highest BCUT2D eigenvalue weighted by Crippen LogP contribution is 2.10. The summed E-state index contributed by atoms with van der Waals surface area (Å²) in [6.07, 6.45) is 4.81. The Morgan fingerprint density at radius 1 is 1.38 bits per heavy atom. The van der Waals surface area contributed by atoms with Gasteiger partial charge in [-0.2, -0.15) is 11.8 Å². The van der Waals surface area contributed by atoms with Crippen molar-refractivity contribution in [3.63, 3.8) is 0 Å². The lowest BCUT2D eigenvalue weighted by atomic mass is 10.5. The third kappa shape index (κ3) is 3.63. The Balaban J connectivity index is 2.40. The monoisotopic (exact) mass is 197 g/mol. The van der Waals surface area contributed by atoms with E-state index in [0.29, 0.717) is 0 Å². The van der Waals surface area contributed by atoms with E-state index >= 15 is 0 Å². The first-order valence-corrected chi connectivity index (χ1v) is 5.58. The molecule has 1 aromatic heterocycles. The molecular formula is C9H15N3S. The molecule has 0 spiro atoms. The van der Waals surface area contributed by atoms with Crippen LogP contribution in [0.3, 0.4) is 0 Å². The summed E-state index contributed by atoms with van der Waals surface area (Å²) in [5, 5.41) is 2.94. The van der Waals surface area contributed by atoms with Crippen LogP contribution in [0, 0.1) is 0 Å². The van der Waals surface area contributed by atoms with Crippen molar-refractivity contribution in [2.45, 2.75) is 19.1 Å². The van der Waals surface area contributed by atoms with Gasteiger partial charge in [0.15, 0.2) is 0 Å². The maximum atomic E-state index is 4.28. The summed E-state index contributed by atoms with van der Waals surface area (Å²) in [6.45, 7) is 2.18. The molecule has 0 saturated heterocycles. The Bertz CT molecular complexity index is 235. The lowest BCUT2D eigenvalue weighted by Gasteiger charge is -2.01. The van der Waals surface area contributed by atoms with Gasteiger partial charge in [-0.25, -0.2) is 4.98 Å². The predicted octanol–water partition coefficient (Wildman–Crippen LogP) is 2.16. The molecule has 13 heavy (non-hydrogen) atoms. The maximum Gasteiger partial charge on any atom is 0.144 e. The number of hydrogen-bond acceptors (Lipinski definition) is 4. The van der Waals surface area contributed by atoms with E-state index in [1.165, 1.54) is 12.2 Å². The van der Waals surface area contributed by atoms with Gasteiger partial charge >= 0.3 is 0 Å². The van der Waals surface area contributed by atoms with Crippen LogP contribution in [0.2, 0.25) is 0 Å². The zero-order valence-electron chi connectivity index (χ0n) is 8.08. The van der Waals surface area contributed by atoms with E-state index in [9.17, 15) is 0 Å².